The monoisotopic (exact) mass is 240 g/mol. The van der Waals surface area contributed by atoms with Crippen LogP contribution in [0.4, 0.5) is 20.2 Å². The number of benzene rings is 1. The lowest BCUT2D eigenvalue weighted by atomic mass is 10.2. The molecule has 0 spiro atoms. The molecule has 1 aromatic rings. The molecule has 0 amide bonds. The molecule has 0 heterocycles. The maximum Gasteiger partial charge on any atom is 0.275 e. The molecule has 0 unspecified atom stereocenters. The highest BCUT2D eigenvalue weighted by molar-refractivity contribution is 5.51. The second-order valence-corrected chi connectivity index (χ2v) is 3.28. The van der Waals surface area contributed by atoms with Gasteiger partial charge in [0.25, 0.3) is 5.69 Å². The minimum atomic E-state index is -0.989. The average Bonchev–Trinajstić information content (AvgIpc) is 2.26. The lowest BCUT2D eigenvalue weighted by molar-refractivity contribution is -0.385. The van der Waals surface area contributed by atoms with Gasteiger partial charge in [0.05, 0.1) is 17.1 Å². The fraction of sp³-hybridized carbons (Fsp3) is 0.273. The van der Waals surface area contributed by atoms with Gasteiger partial charge in [0.1, 0.15) is 5.69 Å². The van der Waals surface area contributed by atoms with Crippen LogP contribution < -0.4 is 5.32 Å². The van der Waals surface area contributed by atoms with E-state index in [9.17, 15) is 18.9 Å². The van der Waals surface area contributed by atoms with Gasteiger partial charge in [-0.05, 0) is 6.42 Å². The van der Waals surface area contributed by atoms with Crippen LogP contribution in [0.5, 0.6) is 0 Å². The molecule has 1 N–H and O–H groups in total. The lowest BCUT2D eigenvalue weighted by Gasteiger charge is -2.07. The number of hydrogen-bond acceptors (Lipinski definition) is 3. The van der Waals surface area contributed by atoms with E-state index < -0.39 is 22.2 Å². The van der Waals surface area contributed by atoms with Gasteiger partial charge in [-0.1, -0.05) is 0 Å². The Labute approximate surface area is 96.8 Å². The zero-order valence-corrected chi connectivity index (χ0v) is 8.87. The summed E-state index contributed by atoms with van der Waals surface area (Å²) in [4.78, 5) is 9.49. The second kappa shape index (κ2) is 5.80. The van der Waals surface area contributed by atoms with Gasteiger partial charge in [0.2, 0.25) is 0 Å². The molecule has 0 aliphatic rings. The molecule has 4 nitrogen and oxygen atoms in total. The van der Waals surface area contributed by atoms with Gasteiger partial charge in [-0.2, -0.15) is 0 Å². The van der Waals surface area contributed by atoms with Crippen molar-refractivity contribution in [1.29, 1.82) is 0 Å². The van der Waals surface area contributed by atoms with Crippen LogP contribution in [0.2, 0.25) is 0 Å². The third-order valence-corrected chi connectivity index (χ3v) is 2.04. The smallest absolute Gasteiger partial charge is 0.275 e. The molecule has 0 aromatic heterocycles. The highest BCUT2D eigenvalue weighted by Gasteiger charge is 2.16. The first-order valence-electron chi connectivity index (χ1n) is 4.87. The topological polar surface area (TPSA) is 55.2 Å². The summed E-state index contributed by atoms with van der Waals surface area (Å²) in [6.07, 6.45) is 6.07. The van der Waals surface area contributed by atoms with Crippen LogP contribution in [-0.2, 0) is 0 Å². The van der Waals surface area contributed by atoms with E-state index in [1.54, 1.807) is 0 Å². The maximum absolute atomic E-state index is 13.3. The maximum atomic E-state index is 13.3. The van der Waals surface area contributed by atoms with Crippen molar-refractivity contribution < 1.29 is 13.7 Å². The number of nitro benzene ring substituents is 1. The van der Waals surface area contributed by atoms with Crippen molar-refractivity contribution in [2.75, 3.05) is 11.9 Å². The Morgan fingerprint density at radius 2 is 2.00 bits per heavy atom. The Balaban J connectivity index is 2.80. The number of nitrogens with zero attached hydrogens (tertiary/aromatic N) is 1. The summed E-state index contributed by atoms with van der Waals surface area (Å²) < 4.78 is 26.7. The van der Waals surface area contributed by atoms with Crippen LogP contribution in [0.25, 0.3) is 0 Å². The summed E-state index contributed by atoms with van der Waals surface area (Å²) in [5.74, 6) is 0.413. The summed E-state index contributed by atoms with van der Waals surface area (Å²) in [6.45, 7) is 0.301. The molecule has 1 aromatic carbocycles. The fourth-order valence-electron chi connectivity index (χ4n) is 1.24. The van der Waals surface area contributed by atoms with Gasteiger partial charge >= 0.3 is 0 Å². The van der Waals surface area contributed by atoms with Gasteiger partial charge in [-0.15, -0.1) is 12.3 Å². The van der Waals surface area contributed by atoms with Crippen LogP contribution in [-0.4, -0.2) is 11.5 Å². The normalized spacial score (nSPS) is 9.71. The van der Waals surface area contributed by atoms with Crippen LogP contribution >= 0.6 is 0 Å². The summed E-state index contributed by atoms with van der Waals surface area (Å²) >= 11 is 0. The molecule has 0 radical (unpaired) electrons. The van der Waals surface area contributed by atoms with E-state index in [-0.39, 0.29) is 5.69 Å². The standard InChI is InChI=1S/C11H10F2N2O2/c1-2-3-4-5-14-11-9(12)6-8(15(16)17)7-10(11)13/h1,6-7,14H,3-5H2. The number of terminal acetylenes is 1. The molecule has 0 saturated carbocycles. The molecule has 6 heteroatoms. The molecule has 0 saturated heterocycles. The quantitative estimate of drug-likeness (QED) is 0.372. The van der Waals surface area contributed by atoms with Crippen molar-refractivity contribution in [3.63, 3.8) is 0 Å². The SMILES string of the molecule is C#CCCCNc1c(F)cc([N+](=O)[O-])cc1F. The summed E-state index contributed by atoms with van der Waals surface area (Å²) in [5, 5.41) is 12.9. The van der Waals surface area contributed by atoms with Crippen LogP contribution in [0, 0.1) is 34.1 Å². The van der Waals surface area contributed by atoms with Crippen molar-refractivity contribution in [2.24, 2.45) is 0 Å². The average molecular weight is 240 g/mol. The number of halogens is 2. The fourth-order valence-corrected chi connectivity index (χ4v) is 1.24. The largest absolute Gasteiger partial charge is 0.380 e. The first kappa shape index (κ1) is 12.9. The third-order valence-electron chi connectivity index (χ3n) is 2.04. The van der Waals surface area contributed by atoms with E-state index >= 15 is 0 Å². The number of hydrogen-bond donors (Lipinski definition) is 1. The minimum absolute atomic E-state index is 0.301. The summed E-state index contributed by atoms with van der Waals surface area (Å²) in [6, 6.07) is 1.35. The van der Waals surface area contributed by atoms with Gasteiger partial charge < -0.3 is 5.32 Å². The molecule has 0 aliphatic heterocycles. The van der Waals surface area contributed by atoms with E-state index in [0.29, 0.717) is 31.5 Å². The van der Waals surface area contributed by atoms with E-state index in [1.807, 2.05) is 0 Å². The Kier molecular flexibility index (Phi) is 4.40. The van der Waals surface area contributed by atoms with E-state index in [0.717, 1.165) is 0 Å². The van der Waals surface area contributed by atoms with Gasteiger partial charge in [0, 0.05) is 13.0 Å². The van der Waals surface area contributed by atoms with Gasteiger partial charge in [-0.3, -0.25) is 10.1 Å². The Morgan fingerprint density at radius 3 is 2.47 bits per heavy atom. The number of nitrogens with one attached hydrogen (secondary N) is 1. The van der Waals surface area contributed by atoms with Crippen LogP contribution in [0.15, 0.2) is 12.1 Å². The van der Waals surface area contributed by atoms with Crippen LogP contribution in [0.1, 0.15) is 12.8 Å². The highest BCUT2D eigenvalue weighted by Crippen LogP contribution is 2.24. The van der Waals surface area contributed by atoms with Crippen molar-refractivity contribution >= 4 is 11.4 Å². The number of rotatable bonds is 5. The molecule has 1 rings (SSSR count). The zero-order valence-electron chi connectivity index (χ0n) is 8.87. The first-order chi connectivity index (χ1) is 8.06. The number of nitro groups is 1. The van der Waals surface area contributed by atoms with Crippen molar-refractivity contribution in [3.05, 3.63) is 33.9 Å². The molecule has 90 valence electrons. The van der Waals surface area contributed by atoms with Gasteiger partial charge in [-0.25, -0.2) is 8.78 Å². The Bertz CT molecular complexity index is 446. The Morgan fingerprint density at radius 1 is 1.41 bits per heavy atom. The second-order valence-electron chi connectivity index (χ2n) is 3.28. The lowest BCUT2D eigenvalue weighted by Crippen LogP contribution is -2.06. The molecule has 0 fully saturated rings. The minimum Gasteiger partial charge on any atom is -0.380 e. The van der Waals surface area contributed by atoms with Crippen LogP contribution in [0.3, 0.4) is 0 Å². The van der Waals surface area contributed by atoms with E-state index in [2.05, 4.69) is 11.2 Å². The van der Waals surface area contributed by atoms with Crippen molar-refractivity contribution in [2.45, 2.75) is 12.8 Å². The third kappa shape index (κ3) is 3.41. The predicted octanol–water partition coefficient (Wildman–Crippen LogP) is 2.70. The predicted molar refractivity (Wildman–Crippen MR) is 59.6 cm³/mol. The number of anilines is 1. The molecule has 17 heavy (non-hydrogen) atoms. The highest BCUT2D eigenvalue weighted by atomic mass is 19.1. The van der Waals surface area contributed by atoms with E-state index in [4.69, 9.17) is 6.42 Å². The van der Waals surface area contributed by atoms with Gasteiger partial charge in [0.15, 0.2) is 11.6 Å². The summed E-state index contributed by atoms with van der Waals surface area (Å²) in [7, 11) is 0. The zero-order chi connectivity index (χ0) is 12.8. The Hall–Kier alpha value is -2.16. The van der Waals surface area contributed by atoms with E-state index in [1.165, 1.54) is 0 Å². The number of non-ortho nitro benzene ring substituents is 1. The molecule has 0 bridgehead atoms. The summed E-state index contributed by atoms with van der Waals surface area (Å²) in [5.41, 5.74) is -0.984. The van der Waals surface area contributed by atoms with Crippen molar-refractivity contribution in [3.8, 4) is 12.3 Å². The number of unbranched alkanes of at least 4 members (excludes halogenated alkanes) is 1. The molecule has 0 atom stereocenters. The molecular formula is C11H10F2N2O2. The van der Waals surface area contributed by atoms with Crippen molar-refractivity contribution in [1.82, 2.24) is 0 Å². The molecule has 0 aliphatic carbocycles. The first-order valence-corrected chi connectivity index (χ1v) is 4.87. The molecular weight excluding hydrogens is 230 g/mol.